The third-order valence-corrected chi connectivity index (χ3v) is 4.28. The lowest BCUT2D eigenvalue weighted by atomic mass is 9.83. The SMILES string of the molecule is CCC(C)c1ccc(C(C)(C)CNC2CC2)cc1. The largest absolute Gasteiger partial charge is 0.313 e. The van der Waals surface area contributed by atoms with Crippen molar-refractivity contribution in [2.24, 2.45) is 0 Å². The van der Waals surface area contributed by atoms with Crippen molar-refractivity contribution in [2.75, 3.05) is 6.54 Å². The molecule has 0 aromatic heterocycles. The molecule has 0 spiro atoms. The molecule has 18 heavy (non-hydrogen) atoms. The zero-order chi connectivity index (χ0) is 13.2. The van der Waals surface area contributed by atoms with Gasteiger partial charge in [0.15, 0.2) is 0 Å². The fourth-order valence-corrected chi connectivity index (χ4v) is 2.29. The lowest BCUT2D eigenvalue weighted by Gasteiger charge is -2.26. The Hall–Kier alpha value is -0.820. The van der Waals surface area contributed by atoms with Crippen molar-refractivity contribution in [3.8, 4) is 0 Å². The molecule has 1 atom stereocenters. The molecule has 0 aliphatic heterocycles. The van der Waals surface area contributed by atoms with Crippen molar-refractivity contribution in [1.82, 2.24) is 5.32 Å². The molecule has 0 saturated heterocycles. The van der Waals surface area contributed by atoms with Gasteiger partial charge in [-0.15, -0.1) is 0 Å². The molecular formula is C17H27N. The summed E-state index contributed by atoms with van der Waals surface area (Å²) in [4.78, 5) is 0. The molecular weight excluding hydrogens is 218 g/mol. The fraction of sp³-hybridized carbons (Fsp3) is 0.647. The van der Waals surface area contributed by atoms with Gasteiger partial charge in [0.1, 0.15) is 0 Å². The Morgan fingerprint density at radius 3 is 2.33 bits per heavy atom. The first kappa shape index (κ1) is 13.6. The van der Waals surface area contributed by atoms with Crippen molar-refractivity contribution < 1.29 is 0 Å². The van der Waals surface area contributed by atoms with Gasteiger partial charge in [-0.3, -0.25) is 0 Å². The summed E-state index contributed by atoms with van der Waals surface area (Å²) in [6.07, 6.45) is 3.94. The smallest absolute Gasteiger partial charge is 0.00685 e. The predicted octanol–water partition coefficient (Wildman–Crippen LogP) is 4.23. The highest BCUT2D eigenvalue weighted by Gasteiger charge is 2.26. The minimum atomic E-state index is 0.233. The fourth-order valence-electron chi connectivity index (χ4n) is 2.29. The van der Waals surface area contributed by atoms with Gasteiger partial charge in [0.2, 0.25) is 0 Å². The van der Waals surface area contributed by atoms with Crippen LogP contribution >= 0.6 is 0 Å². The first-order chi connectivity index (χ1) is 8.53. The van der Waals surface area contributed by atoms with E-state index in [-0.39, 0.29) is 5.41 Å². The molecule has 1 nitrogen and oxygen atoms in total. The van der Waals surface area contributed by atoms with Crippen LogP contribution in [0.25, 0.3) is 0 Å². The Bertz CT molecular complexity index is 373. The van der Waals surface area contributed by atoms with E-state index in [9.17, 15) is 0 Å². The normalized spacial score (nSPS) is 17.8. The van der Waals surface area contributed by atoms with E-state index in [1.165, 1.54) is 30.4 Å². The standard InChI is InChI=1S/C17H27N/c1-5-13(2)14-6-8-15(9-7-14)17(3,4)12-18-16-10-11-16/h6-9,13,16,18H,5,10-12H2,1-4H3. The second-order valence-corrected chi connectivity index (χ2v) is 6.47. The summed E-state index contributed by atoms with van der Waals surface area (Å²) in [7, 11) is 0. The van der Waals surface area contributed by atoms with Crippen molar-refractivity contribution in [1.29, 1.82) is 0 Å². The maximum Gasteiger partial charge on any atom is 0.00685 e. The third kappa shape index (κ3) is 3.35. The zero-order valence-electron chi connectivity index (χ0n) is 12.3. The molecule has 2 rings (SSSR count). The number of rotatable bonds is 6. The average Bonchev–Trinajstić information content (AvgIpc) is 3.20. The van der Waals surface area contributed by atoms with Crippen molar-refractivity contribution >= 4 is 0 Å². The Labute approximate surface area is 112 Å². The van der Waals surface area contributed by atoms with Gasteiger partial charge in [-0.2, -0.15) is 0 Å². The van der Waals surface area contributed by atoms with E-state index in [4.69, 9.17) is 0 Å². The van der Waals surface area contributed by atoms with Crippen LogP contribution < -0.4 is 5.32 Å². The van der Waals surface area contributed by atoms with Gasteiger partial charge >= 0.3 is 0 Å². The second kappa shape index (κ2) is 5.44. The average molecular weight is 245 g/mol. The summed E-state index contributed by atoms with van der Waals surface area (Å²) in [5.74, 6) is 0.673. The molecule has 0 radical (unpaired) electrons. The summed E-state index contributed by atoms with van der Waals surface area (Å²) in [5, 5.41) is 3.64. The molecule has 0 amide bonds. The van der Waals surface area contributed by atoms with E-state index < -0.39 is 0 Å². The van der Waals surface area contributed by atoms with Crippen LogP contribution in [-0.4, -0.2) is 12.6 Å². The van der Waals surface area contributed by atoms with E-state index in [2.05, 4.69) is 57.3 Å². The highest BCUT2D eigenvalue weighted by atomic mass is 15.0. The van der Waals surface area contributed by atoms with Gasteiger partial charge in [0, 0.05) is 18.0 Å². The van der Waals surface area contributed by atoms with Crippen LogP contribution in [0.3, 0.4) is 0 Å². The van der Waals surface area contributed by atoms with Crippen molar-refractivity contribution in [3.63, 3.8) is 0 Å². The molecule has 0 heterocycles. The summed E-state index contributed by atoms with van der Waals surface area (Å²) < 4.78 is 0. The van der Waals surface area contributed by atoms with Crippen LogP contribution in [0.1, 0.15) is 64.0 Å². The number of hydrogen-bond donors (Lipinski definition) is 1. The summed E-state index contributed by atoms with van der Waals surface area (Å²) in [6, 6.07) is 10.0. The van der Waals surface area contributed by atoms with E-state index >= 15 is 0 Å². The lowest BCUT2D eigenvalue weighted by molar-refractivity contribution is 0.467. The highest BCUT2D eigenvalue weighted by Crippen LogP contribution is 2.27. The maximum atomic E-state index is 3.64. The van der Waals surface area contributed by atoms with Gasteiger partial charge in [-0.05, 0) is 36.3 Å². The Kier molecular flexibility index (Phi) is 4.11. The molecule has 0 bridgehead atoms. The van der Waals surface area contributed by atoms with E-state index in [1.54, 1.807) is 0 Å². The Morgan fingerprint density at radius 1 is 1.22 bits per heavy atom. The van der Waals surface area contributed by atoms with Crippen LogP contribution in [-0.2, 0) is 5.41 Å². The molecule has 1 aromatic carbocycles. The number of nitrogens with one attached hydrogen (secondary N) is 1. The Morgan fingerprint density at radius 2 is 1.83 bits per heavy atom. The van der Waals surface area contributed by atoms with Gasteiger partial charge in [-0.25, -0.2) is 0 Å². The zero-order valence-corrected chi connectivity index (χ0v) is 12.3. The van der Waals surface area contributed by atoms with Crippen molar-refractivity contribution in [3.05, 3.63) is 35.4 Å². The number of hydrogen-bond acceptors (Lipinski definition) is 1. The summed E-state index contributed by atoms with van der Waals surface area (Å²) >= 11 is 0. The molecule has 1 fully saturated rings. The van der Waals surface area contributed by atoms with Gasteiger partial charge in [-0.1, -0.05) is 52.0 Å². The molecule has 1 aliphatic rings. The molecule has 1 saturated carbocycles. The third-order valence-electron chi connectivity index (χ3n) is 4.28. The van der Waals surface area contributed by atoms with E-state index in [0.29, 0.717) is 5.92 Å². The van der Waals surface area contributed by atoms with Crippen LogP contribution in [0.4, 0.5) is 0 Å². The molecule has 1 aromatic rings. The van der Waals surface area contributed by atoms with Gasteiger partial charge < -0.3 is 5.32 Å². The van der Waals surface area contributed by atoms with Crippen molar-refractivity contribution in [2.45, 2.75) is 64.3 Å². The van der Waals surface area contributed by atoms with E-state index in [0.717, 1.165) is 12.6 Å². The molecule has 1 N–H and O–H groups in total. The van der Waals surface area contributed by atoms with E-state index in [1.807, 2.05) is 0 Å². The molecule has 1 aliphatic carbocycles. The van der Waals surface area contributed by atoms with Crippen LogP contribution in [0.5, 0.6) is 0 Å². The first-order valence-electron chi connectivity index (χ1n) is 7.37. The molecule has 100 valence electrons. The lowest BCUT2D eigenvalue weighted by Crippen LogP contribution is -2.34. The number of benzene rings is 1. The Balaban J connectivity index is 2.02. The quantitative estimate of drug-likeness (QED) is 0.791. The second-order valence-electron chi connectivity index (χ2n) is 6.47. The molecule has 1 unspecified atom stereocenters. The minimum absolute atomic E-state index is 0.233. The van der Waals surface area contributed by atoms with Crippen LogP contribution in [0.2, 0.25) is 0 Å². The monoisotopic (exact) mass is 245 g/mol. The van der Waals surface area contributed by atoms with Crippen LogP contribution in [0.15, 0.2) is 24.3 Å². The topological polar surface area (TPSA) is 12.0 Å². The van der Waals surface area contributed by atoms with Crippen LogP contribution in [0, 0.1) is 0 Å². The first-order valence-corrected chi connectivity index (χ1v) is 7.37. The minimum Gasteiger partial charge on any atom is -0.313 e. The maximum absolute atomic E-state index is 3.64. The van der Waals surface area contributed by atoms with Gasteiger partial charge in [0.05, 0.1) is 0 Å². The van der Waals surface area contributed by atoms with Gasteiger partial charge in [0.25, 0.3) is 0 Å². The summed E-state index contributed by atoms with van der Waals surface area (Å²) in [5.41, 5.74) is 3.14. The predicted molar refractivity (Wildman–Crippen MR) is 79.2 cm³/mol. The highest BCUT2D eigenvalue weighted by molar-refractivity contribution is 5.30. The summed E-state index contributed by atoms with van der Waals surface area (Å²) in [6.45, 7) is 10.3. The molecule has 1 heteroatoms.